The normalized spacial score (nSPS) is 36.2. The number of hydrogen-bond acceptors (Lipinski definition) is 1. The second kappa shape index (κ2) is 3.27. The van der Waals surface area contributed by atoms with Crippen molar-refractivity contribution < 1.29 is 0 Å². The van der Waals surface area contributed by atoms with Crippen LogP contribution < -0.4 is 0 Å². The van der Waals surface area contributed by atoms with Gasteiger partial charge in [-0.2, -0.15) is 0 Å². The molecule has 2 unspecified atom stereocenters. The molecular formula is C12H23N. The van der Waals surface area contributed by atoms with E-state index in [0.29, 0.717) is 5.54 Å². The number of hydrogen-bond donors (Lipinski definition) is 0. The molecule has 1 heterocycles. The average molecular weight is 181 g/mol. The smallest absolute Gasteiger partial charge is 0.0125 e. The Hall–Kier alpha value is -0.0400. The van der Waals surface area contributed by atoms with Crippen LogP contribution in [0.2, 0.25) is 0 Å². The second-order valence-electron chi connectivity index (χ2n) is 5.97. The zero-order valence-electron chi connectivity index (χ0n) is 9.34. The van der Waals surface area contributed by atoms with E-state index in [0.717, 1.165) is 11.8 Å². The molecule has 1 saturated carbocycles. The molecule has 1 heteroatoms. The van der Waals surface area contributed by atoms with Gasteiger partial charge in [0, 0.05) is 18.6 Å². The Labute approximate surface area is 82.5 Å². The highest BCUT2D eigenvalue weighted by Crippen LogP contribution is 2.36. The SMILES string of the molecule is CC(C)(C)N1CC2CCCC(C2)C1. The Morgan fingerprint density at radius 1 is 1.00 bits per heavy atom. The van der Waals surface area contributed by atoms with Gasteiger partial charge in [0.1, 0.15) is 0 Å². The van der Waals surface area contributed by atoms with E-state index in [9.17, 15) is 0 Å². The molecular weight excluding hydrogens is 158 g/mol. The third-order valence-electron chi connectivity index (χ3n) is 3.80. The summed E-state index contributed by atoms with van der Waals surface area (Å²) >= 11 is 0. The summed E-state index contributed by atoms with van der Waals surface area (Å²) < 4.78 is 0. The highest BCUT2D eigenvalue weighted by molar-refractivity contribution is 4.88. The zero-order chi connectivity index (χ0) is 9.47. The Morgan fingerprint density at radius 3 is 2.00 bits per heavy atom. The largest absolute Gasteiger partial charge is 0.298 e. The summed E-state index contributed by atoms with van der Waals surface area (Å²) in [6, 6.07) is 0. The lowest BCUT2D eigenvalue weighted by Gasteiger charge is -2.47. The van der Waals surface area contributed by atoms with Crippen LogP contribution in [0.1, 0.15) is 46.5 Å². The van der Waals surface area contributed by atoms with Gasteiger partial charge in [-0.1, -0.05) is 6.42 Å². The van der Waals surface area contributed by atoms with E-state index >= 15 is 0 Å². The summed E-state index contributed by atoms with van der Waals surface area (Å²) in [6.45, 7) is 9.79. The first-order chi connectivity index (χ1) is 6.05. The maximum atomic E-state index is 2.70. The molecule has 0 aromatic rings. The molecule has 2 fully saturated rings. The van der Waals surface area contributed by atoms with Crippen molar-refractivity contribution in [1.29, 1.82) is 0 Å². The molecule has 2 atom stereocenters. The molecule has 2 aliphatic rings. The number of rotatable bonds is 0. The minimum absolute atomic E-state index is 0.397. The Kier molecular flexibility index (Phi) is 2.39. The van der Waals surface area contributed by atoms with Gasteiger partial charge in [0.2, 0.25) is 0 Å². The maximum Gasteiger partial charge on any atom is 0.0125 e. The Bertz CT molecular complexity index is 168. The first kappa shape index (κ1) is 9.51. The highest BCUT2D eigenvalue weighted by atomic mass is 15.2. The van der Waals surface area contributed by atoms with Gasteiger partial charge in [0.05, 0.1) is 0 Å². The summed E-state index contributed by atoms with van der Waals surface area (Å²) in [5.74, 6) is 2.04. The van der Waals surface area contributed by atoms with Crippen LogP contribution in [0, 0.1) is 11.8 Å². The Morgan fingerprint density at radius 2 is 1.54 bits per heavy atom. The van der Waals surface area contributed by atoms with Crippen molar-refractivity contribution in [2.24, 2.45) is 11.8 Å². The molecule has 1 aliphatic heterocycles. The fourth-order valence-corrected chi connectivity index (χ4v) is 2.98. The fraction of sp³-hybridized carbons (Fsp3) is 1.00. The predicted molar refractivity (Wildman–Crippen MR) is 56.8 cm³/mol. The number of fused-ring (bicyclic) bond motifs is 2. The van der Waals surface area contributed by atoms with E-state index in [2.05, 4.69) is 25.7 Å². The van der Waals surface area contributed by atoms with Gasteiger partial charge in [-0.15, -0.1) is 0 Å². The quantitative estimate of drug-likeness (QED) is 0.555. The third kappa shape index (κ3) is 2.07. The van der Waals surface area contributed by atoms with Crippen molar-refractivity contribution in [2.45, 2.75) is 52.0 Å². The van der Waals surface area contributed by atoms with Crippen LogP contribution in [0.5, 0.6) is 0 Å². The molecule has 0 radical (unpaired) electrons. The number of likely N-dealkylation sites (tertiary alicyclic amines) is 1. The lowest BCUT2D eigenvalue weighted by atomic mass is 9.77. The van der Waals surface area contributed by atoms with Crippen molar-refractivity contribution in [3.8, 4) is 0 Å². The molecule has 0 aromatic heterocycles. The van der Waals surface area contributed by atoms with Gasteiger partial charge >= 0.3 is 0 Å². The summed E-state index contributed by atoms with van der Waals surface area (Å²) in [6.07, 6.45) is 5.99. The lowest BCUT2D eigenvalue weighted by Crippen LogP contribution is -2.51. The average Bonchev–Trinajstić information content (AvgIpc) is 2.01. The second-order valence-corrected chi connectivity index (χ2v) is 5.97. The topological polar surface area (TPSA) is 3.24 Å². The molecule has 2 bridgehead atoms. The monoisotopic (exact) mass is 181 g/mol. The van der Waals surface area contributed by atoms with Gasteiger partial charge < -0.3 is 0 Å². The van der Waals surface area contributed by atoms with Gasteiger partial charge in [-0.3, -0.25) is 4.90 Å². The standard InChI is InChI=1S/C12H23N/c1-12(2,3)13-8-10-5-4-6-11(7-10)9-13/h10-11H,4-9H2,1-3H3. The van der Waals surface area contributed by atoms with Crippen molar-refractivity contribution in [1.82, 2.24) is 4.90 Å². The molecule has 1 saturated heterocycles. The highest BCUT2D eigenvalue weighted by Gasteiger charge is 2.34. The van der Waals surface area contributed by atoms with Gasteiger partial charge in [0.25, 0.3) is 0 Å². The third-order valence-corrected chi connectivity index (χ3v) is 3.80. The lowest BCUT2D eigenvalue weighted by molar-refractivity contribution is 0.0234. The van der Waals surface area contributed by atoms with Crippen LogP contribution in [0.4, 0.5) is 0 Å². The number of nitrogens with zero attached hydrogens (tertiary/aromatic N) is 1. The van der Waals surface area contributed by atoms with Crippen LogP contribution >= 0.6 is 0 Å². The van der Waals surface area contributed by atoms with Crippen molar-refractivity contribution in [3.63, 3.8) is 0 Å². The van der Waals surface area contributed by atoms with Gasteiger partial charge in [-0.25, -0.2) is 0 Å². The predicted octanol–water partition coefficient (Wildman–Crippen LogP) is 2.91. The van der Waals surface area contributed by atoms with Crippen LogP contribution in [0.3, 0.4) is 0 Å². The summed E-state index contributed by atoms with van der Waals surface area (Å²) in [7, 11) is 0. The van der Waals surface area contributed by atoms with E-state index in [4.69, 9.17) is 0 Å². The van der Waals surface area contributed by atoms with Crippen LogP contribution in [0.15, 0.2) is 0 Å². The molecule has 1 aliphatic carbocycles. The number of piperidine rings is 1. The minimum atomic E-state index is 0.397. The van der Waals surface area contributed by atoms with Crippen LogP contribution in [-0.4, -0.2) is 23.5 Å². The first-order valence-electron chi connectivity index (χ1n) is 5.81. The van der Waals surface area contributed by atoms with E-state index in [-0.39, 0.29) is 0 Å². The molecule has 0 aromatic carbocycles. The molecule has 0 amide bonds. The summed E-state index contributed by atoms with van der Waals surface area (Å²) in [5.41, 5.74) is 0.397. The Balaban J connectivity index is 2.01. The van der Waals surface area contributed by atoms with Crippen molar-refractivity contribution in [3.05, 3.63) is 0 Å². The summed E-state index contributed by atoms with van der Waals surface area (Å²) in [4.78, 5) is 2.70. The van der Waals surface area contributed by atoms with Crippen LogP contribution in [0.25, 0.3) is 0 Å². The first-order valence-corrected chi connectivity index (χ1v) is 5.81. The fourth-order valence-electron chi connectivity index (χ4n) is 2.98. The van der Waals surface area contributed by atoms with E-state index in [1.807, 2.05) is 0 Å². The molecule has 0 spiro atoms. The molecule has 0 N–H and O–H groups in total. The molecule has 2 rings (SSSR count). The molecule has 13 heavy (non-hydrogen) atoms. The molecule has 76 valence electrons. The minimum Gasteiger partial charge on any atom is -0.298 e. The van der Waals surface area contributed by atoms with E-state index in [1.54, 1.807) is 0 Å². The van der Waals surface area contributed by atoms with Crippen molar-refractivity contribution in [2.75, 3.05) is 13.1 Å². The molecule has 1 nitrogen and oxygen atoms in total. The summed E-state index contributed by atoms with van der Waals surface area (Å²) in [5, 5.41) is 0. The van der Waals surface area contributed by atoms with Gasteiger partial charge in [-0.05, 0) is 51.9 Å². The van der Waals surface area contributed by atoms with Gasteiger partial charge in [0.15, 0.2) is 0 Å². The van der Waals surface area contributed by atoms with Crippen LogP contribution in [-0.2, 0) is 0 Å². The van der Waals surface area contributed by atoms with E-state index < -0.39 is 0 Å². The van der Waals surface area contributed by atoms with E-state index in [1.165, 1.54) is 38.8 Å². The zero-order valence-corrected chi connectivity index (χ0v) is 9.34. The van der Waals surface area contributed by atoms with Crippen molar-refractivity contribution >= 4 is 0 Å². The maximum absolute atomic E-state index is 2.70.